The summed E-state index contributed by atoms with van der Waals surface area (Å²) in [5, 5.41) is 0.146. The van der Waals surface area contributed by atoms with Crippen LogP contribution in [0.25, 0.3) is 0 Å². The number of aromatic nitrogens is 1. The molecule has 1 rings (SSSR count). The van der Waals surface area contributed by atoms with E-state index in [1.54, 1.807) is 6.92 Å². The summed E-state index contributed by atoms with van der Waals surface area (Å²) in [6.45, 7) is 1.94. The van der Waals surface area contributed by atoms with Gasteiger partial charge in [0.25, 0.3) is 0 Å². The molecule has 0 saturated carbocycles. The summed E-state index contributed by atoms with van der Waals surface area (Å²) >= 11 is 5.77. The van der Waals surface area contributed by atoms with Gasteiger partial charge in [-0.1, -0.05) is 11.6 Å². The highest BCUT2D eigenvalue weighted by Gasteiger charge is 2.18. The van der Waals surface area contributed by atoms with Gasteiger partial charge in [-0.25, -0.2) is 13.1 Å². The van der Waals surface area contributed by atoms with Crippen LogP contribution >= 0.6 is 11.6 Å². The van der Waals surface area contributed by atoms with Gasteiger partial charge in [0, 0.05) is 26.0 Å². The molecule has 1 heterocycles. The van der Waals surface area contributed by atoms with E-state index in [2.05, 4.69) is 9.71 Å². The van der Waals surface area contributed by atoms with E-state index in [-0.39, 0.29) is 22.6 Å². The van der Waals surface area contributed by atoms with Crippen molar-refractivity contribution in [3.63, 3.8) is 0 Å². The second-order valence-electron chi connectivity index (χ2n) is 3.20. The van der Waals surface area contributed by atoms with Crippen molar-refractivity contribution in [2.75, 3.05) is 13.7 Å². The molecule has 0 aliphatic carbocycles. The molecule has 90 valence electrons. The lowest BCUT2D eigenvalue weighted by atomic mass is 10.4. The molecular formula is C9H13ClN2O3S. The summed E-state index contributed by atoms with van der Waals surface area (Å²) in [6, 6.07) is 1.43. The molecule has 0 bridgehead atoms. The van der Waals surface area contributed by atoms with Crippen LogP contribution in [0.1, 0.15) is 6.92 Å². The molecule has 0 amide bonds. The third-order valence-electron chi connectivity index (χ3n) is 1.99. The molecule has 5 nitrogen and oxygen atoms in total. The first kappa shape index (κ1) is 13.4. The van der Waals surface area contributed by atoms with Crippen LogP contribution in [-0.4, -0.2) is 33.2 Å². The summed E-state index contributed by atoms with van der Waals surface area (Å²) in [5.74, 6) is 0. The van der Waals surface area contributed by atoms with Gasteiger partial charge in [0.15, 0.2) is 0 Å². The van der Waals surface area contributed by atoms with Crippen LogP contribution in [0, 0.1) is 0 Å². The molecule has 1 atom stereocenters. The Kier molecular flexibility index (Phi) is 4.67. The van der Waals surface area contributed by atoms with Crippen molar-refractivity contribution in [3.05, 3.63) is 23.5 Å². The Hall–Kier alpha value is -0.690. The van der Waals surface area contributed by atoms with E-state index >= 15 is 0 Å². The Morgan fingerprint density at radius 3 is 2.88 bits per heavy atom. The van der Waals surface area contributed by atoms with E-state index in [0.717, 1.165) is 0 Å². The van der Waals surface area contributed by atoms with Crippen molar-refractivity contribution in [1.29, 1.82) is 0 Å². The maximum atomic E-state index is 11.8. The van der Waals surface area contributed by atoms with Crippen LogP contribution in [0.5, 0.6) is 0 Å². The van der Waals surface area contributed by atoms with Crippen molar-refractivity contribution < 1.29 is 13.2 Å². The SMILES string of the molecule is COC(C)CNS(=O)(=O)c1cnccc1Cl. The van der Waals surface area contributed by atoms with E-state index in [9.17, 15) is 8.42 Å². The molecule has 1 aromatic heterocycles. The monoisotopic (exact) mass is 264 g/mol. The predicted octanol–water partition coefficient (Wildman–Crippen LogP) is 1.05. The van der Waals surface area contributed by atoms with Gasteiger partial charge in [-0.15, -0.1) is 0 Å². The van der Waals surface area contributed by atoms with Gasteiger partial charge in [0.05, 0.1) is 11.1 Å². The fourth-order valence-electron chi connectivity index (χ4n) is 0.949. The van der Waals surface area contributed by atoms with Crippen molar-refractivity contribution in [3.8, 4) is 0 Å². The lowest BCUT2D eigenvalue weighted by Crippen LogP contribution is -2.31. The predicted molar refractivity (Wildman–Crippen MR) is 60.9 cm³/mol. The number of sulfonamides is 1. The number of rotatable bonds is 5. The molecule has 1 N–H and O–H groups in total. The molecule has 1 aromatic rings. The van der Waals surface area contributed by atoms with Gasteiger partial charge in [-0.3, -0.25) is 4.98 Å². The molecule has 0 saturated heterocycles. The Balaban J connectivity index is 2.83. The van der Waals surface area contributed by atoms with E-state index in [4.69, 9.17) is 16.3 Å². The fraction of sp³-hybridized carbons (Fsp3) is 0.444. The number of nitrogens with one attached hydrogen (secondary N) is 1. The molecule has 0 aliphatic rings. The molecule has 16 heavy (non-hydrogen) atoms. The van der Waals surface area contributed by atoms with Crippen molar-refractivity contribution in [1.82, 2.24) is 9.71 Å². The van der Waals surface area contributed by atoms with Crippen molar-refractivity contribution in [2.45, 2.75) is 17.9 Å². The summed E-state index contributed by atoms with van der Waals surface area (Å²) in [7, 11) is -2.11. The Morgan fingerprint density at radius 1 is 1.62 bits per heavy atom. The van der Waals surface area contributed by atoms with Gasteiger partial charge in [-0.2, -0.15) is 0 Å². The van der Waals surface area contributed by atoms with Gasteiger partial charge >= 0.3 is 0 Å². The lowest BCUT2D eigenvalue weighted by molar-refractivity contribution is 0.122. The largest absolute Gasteiger partial charge is 0.380 e. The maximum Gasteiger partial charge on any atom is 0.243 e. The first-order chi connectivity index (χ1) is 7.47. The minimum atomic E-state index is -3.62. The minimum Gasteiger partial charge on any atom is -0.380 e. The first-order valence-corrected chi connectivity index (χ1v) is 6.45. The van der Waals surface area contributed by atoms with Crippen LogP contribution < -0.4 is 4.72 Å². The second-order valence-corrected chi connectivity index (χ2v) is 5.35. The average Bonchev–Trinajstić information content (AvgIpc) is 2.26. The van der Waals surface area contributed by atoms with Crippen molar-refractivity contribution >= 4 is 21.6 Å². The Labute approximate surface area is 99.8 Å². The number of pyridine rings is 1. The molecule has 0 aromatic carbocycles. The number of nitrogens with zero attached hydrogens (tertiary/aromatic N) is 1. The molecule has 0 spiro atoms. The van der Waals surface area contributed by atoms with Crippen LogP contribution in [0.4, 0.5) is 0 Å². The summed E-state index contributed by atoms with van der Waals surface area (Å²) < 4.78 is 30.9. The molecule has 1 unspecified atom stereocenters. The van der Waals surface area contributed by atoms with Gasteiger partial charge in [-0.05, 0) is 13.0 Å². The number of halogens is 1. The smallest absolute Gasteiger partial charge is 0.243 e. The highest BCUT2D eigenvalue weighted by molar-refractivity contribution is 7.89. The first-order valence-electron chi connectivity index (χ1n) is 4.59. The zero-order valence-corrected chi connectivity index (χ0v) is 10.5. The normalized spacial score (nSPS) is 13.7. The lowest BCUT2D eigenvalue weighted by Gasteiger charge is -2.11. The summed E-state index contributed by atoms with van der Waals surface area (Å²) in [5.41, 5.74) is 0. The zero-order valence-electron chi connectivity index (χ0n) is 8.97. The Morgan fingerprint density at radius 2 is 2.31 bits per heavy atom. The standard InChI is InChI=1S/C9H13ClN2O3S/c1-7(15-2)5-12-16(13,14)9-6-11-4-3-8(9)10/h3-4,6-7,12H,5H2,1-2H3. The van der Waals surface area contributed by atoms with Gasteiger partial charge < -0.3 is 4.74 Å². The van der Waals surface area contributed by atoms with E-state index in [1.807, 2.05) is 0 Å². The topological polar surface area (TPSA) is 68.3 Å². The van der Waals surface area contributed by atoms with E-state index in [0.29, 0.717) is 0 Å². The minimum absolute atomic E-state index is 0.0278. The van der Waals surface area contributed by atoms with Crippen LogP contribution in [0.3, 0.4) is 0 Å². The second kappa shape index (κ2) is 5.58. The quantitative estimate of drug-likeness (QED) is 0.863. The summed E-state index contributed by atoms with van der Waals surface area (Å²) in [6.07, 6.45) is 2.44. The third kappa shape index (κ3) is 3.41. The summed E-state index contributed by atoms with van der Waals surface area (Å²) in [4.78, 5) is 3.70. The molecule has 7 heteroatoms. The van der Waals surface area contributed by atoms with Gasteiger partial charge in [0.1, 0.15) is 4.90 Å². The Bertz CT molecular complexity index is 450. The van der Waals surface area contributed by atoms with E-state index in [1.165, 1.54) is 25.6 Å². The average molecular weight is 265 g/mol. The number of methoxy groups -OCH3 is 1. The highest BCUT2D eigenvalue weighted by atomic mass is 35.5. The van der Waals surface area contributed by atoms with Crippen molar-refractivity contribution in [2.24, 2.45) is 0 Å². The molecular weight excluding hydrogens is 252 g/mol. The zero-order chi connectivity index (χ0) is 12.2. The van der Waals surface area contributed by atoms with Crippen LogP contribution in [0.2, 0.25) is 5.02 Å². The molecule has 0 fully saturated rings. The maximum absolute atomic E-state index is 11.8. The van der Waals surface area contributed by atoms with Crippen LogP contribution in [-0.2, 0) is 14.8 Å². The number of hydrogen-bond donors (Lipinski definition) is 1. The van der Waals surface area contributed by atoms with Gasteiger partial charge in [0.2, 0.25) is 10.0 Å². The highest BCUT2D eigenvalue weighted by Crippen LogP contribution is 2.18. The van der Waals surface area contributed by atoms with E-state index < -0.39 is 10.0 Å². The fourth-order valence-corrected chi connectivity index (χ4v) is 2.49. The molecule has 0 aliphatic heterocycles. The van der Waals surface area contributed by atoms with Crippen LogP contribution in [0.15, 0.2) is 23.4 Å². The number of hydrogen-bond acceptors (Lipinski definition) is 4. The third-order valence-corrected chi connectivity index (χ3v) is 3.88. The number of ether oxygens (including phenoxy) is 1. The molecule has 0 radical (unpaired) electrons.